The molecule has 0 saturated heterocycles. The van der Waals surface area contributed by atoms with Crippen molar-refractivity contribution in [2.24, 2.45) is 0 Å². The van der Waals surface area contributed by atoms with Crippen LogP contribution in [-0.4, -0.2) is 32.0 Å². The minimum Gasteiger partial charge on any atom is -0.462 e. The first-order chi connectivity index (χ1) is 11.3. The van der Waals surface area contributed by atoms with E-state index < -0.39 is 0 Å². The molecule has 0 amide bonds. The van der Waals surface area contributed by atoms with Crippen molar-refractivity contribution in [3.63, 3.8) is 0 Å². The maximum absolute atomic E-state index is 11.8. The molecule has 0 radical (unpaired) electrons. The highest BCUT2D eigenvalue weighted by Gasteiger charge is 2.18. The Bertz CT molecular complexity index is 697. The van der Waals surface area contributed by atoms with E-state index in [2.05, 4.69) is 4.90 Å². The molecule has 2 aromatic rings. The summed E-state index contributed by atoms with van der Waals surface area (Å²) in [6, 6.07) is 14.8. The van der Waals surface area contributed by atoms with Gasteiger partial charge in [0.1, 0.15) is 6.29 Å². The van der Waals surface area contributed by atoms with Crippen molar-refractivity contribution in [1.82, 2.24) is 0 Å². The molecule has 1 aliphatic rings. The van der Waals surface area contributed by atoms with Crippen LogP contribution in [0.1, 0.15) is 32.7 Å². The largest absolute Gasteiger partial charge is 0.462 e. The van der Waals surface area contributed by atoms with Crippen LogP contribution in [0, 0.1) is 0 Å². The summed E-state index contributed by atoms with van der Waals surface area (Å²) in [6.07, 6.45) is 2.63. The quantitative estimate of drug-likeness (QED) is 0.467. The van der Waals surface area contributed by atoms with Crippen LogP contribution < -0.4 is 4.90 Å². The number of benzene rings is 2. The number of nitrogens with zero attached hydrogens (tertiary/aromatic N) is 1. The van der Waals surface area contributed by atoms with Gasteiger partial charge in [-0.25, -0.2) is 4.79 Å². The lowest BCUT2D eigenvalue weighted by Gasteiger charge is -2.19. The van der Waals surface area contributed by atoms with Crippen molar-refractivity contribution >= 4 is 17.9 Å². The molecule has 0 N–H and O–H groups in total. The van der Waals surface area contributed by atoms with Crippen molar-refractivity contribution < 1.29 is 14.3 Å². The molecule has 23 heavy (non-hydrogen) atoms. The van der Waals surface area contributed by atoms with Gasteiger partial charge in [0.15, 0.2) is 0 Å². The van der Waals surface area contributed by atoms with Crippen molar-refractivity contribution in [1.29, 1.82) is 0 Å². The van der Waals surface area contributed by atoms with Crippen LogP contribution in [-0.2, 0) is 11.2 Å². The fourth-order valence-electron chi connectivity index (χ4n) is 2.87. The number of carbonyl (C=O) groups is 2. The highest BCUT2D eigenvalue weighted by molar-refractivity contribution is 5.89. The van der Waals surface area contributed by atoms with Crippen molar-refractivity contribution in [3.05, 3.63) is 65.2 Å². The predicted molar refractivity (Wildman–Crippen MR) is 89.1 cm³/mol. The smallest absolute Gasteiger partial charge is 0.338 e. The van der Waals surface area contributed by atoms with Crippen LogP contribution in [0.15, 0.2) is 48.5 Å². The van der Waals surface area contributed by atoms with E-state index in [9.17, 15) is 9.59 Å². The van der Waals surface area contributed by atoms with Gasteiger partial charge in [0.2, 0.25) is 0 Å². The van der Waals surface area contributed by atoms with E-state index in [1.54, 1.807) is 12.1 Å². The lowest BCUT2D eigenvalue weighted by Crippen LogP contribution is -2.23. The molecule has 0 fully saturated rings. The Hall–Kier alpha value is -2.62. The molecule has 0 aromatic heterocycles. The van der Waals surface area contributed by atoms with Crippen molar-refractivity contribution in [2.45, 2.75) is 12.8 Å². The van der Waals surface area contributed by atoms with Gasteiger partial charge in [0, 0.05) is 24.3 Å². The zero-order valence-corrected chi connectivity index (χ0v) is 12.9. The average molecular weight is 309 g/mol. The van der Waals surface area contributed by atoms with E-state index in [0.717, 1.165) is 37.8 Å². The first-order valence-electron chi connectivity index (χ1n) is 7.83. The van der Waals surface area contributed by atoms with E-state index in [4.69, 9.17) is 4.74 Å². The lowest BCUT2D eigenvalue weighted by molar-refractivity contribution is 0.0502. The third-order valence-electron chi connectivity index (χ3n) is 4.05. The SMILES string of the molecule is O=Cc1ccc2c(c1)CCN2CCCOC(=O)c1ccccc1. The molecule has 1 heterocycles. The highest BCUT2D eigenvalue weighted by atomic mass is 16.5. The molecule has 4 heteroatoms. The molecule has 0 unspecified atom stereocenters. The molecular weight excluding hydrogens is 290 g/mol. The summed E-state index contributed by atoms with van der Waals surface area (Å²) in [5.74, 6) is -0.275. The maximum Gasteiger partial charge on any atom is 0.338 e. The van der Waals surface area contributed by atoms with E-state index in [0.29, 0.717) is 12.2 Å². The average Bonchev–Trinajstić information content (AvgIpc) is 3.01. The topological polar surface area (TPSA) is 46.6 Å². The van der Waals surface area contributed by atoms with Crippen LogP contribution in [0.25, 0.3) is 0 Å². The Morgan fingerprint density at radius 1 is 1.17 bits per heavy atom. The standard InChI is InChI=1S/C19H19NO3/c21-14-15-7-8-18-17(13-15)9-11-20(18)10-4-12-23-19(22)16-5-2-1-3-6-16/h1-3,5-8,13-14H,4,9-12H2. The Balaban J connectivity index is 1.48. The predicted octanol–water partition coefficient (Wildman–Crippen LogP) is 3.11. The van der Waals surface area contributed by atoms with Crippen LogP contribution in [0.3, 0.4) is 0 Å². The third kappa shape index (κ3) is 3.59. The fourth-order valence-corrected chi connectivity index (χ4v) is 2.87. The van der Waals surface area contributed by atoms with Gasteiger partial charge in [-0.1, -0.05) is 18.2 Å². The lowest BCUT2D eigenvalue weighted by atomic mass is 10.1. The van der Waals surface area contributed by atoms with E-state index in [-0.39, 0.29) is 5.97 Å². The van der Waals surface area contributed by atoms with Crippen LogP contribution in [0.5, 0.6) is 0 Å². The van der Waals surface area contributed by atoms with Crippen molar-refractivity contribution in [2.75, 3.05) is 24.6 Å². The molecule has 0 spiro atoms. The zero-order valence-electron chi connectivity index (χ0n) is 12.9. The molecular formula is C19H19NO3. The number of ether oxygens (including phenoxy) is 1. The second-order valence-corrected chi connectivity index (χ2v) is 5.60. The Labute approximate surface area is 135 Å². The molecule has 3 rings (SSSR count). The molecule has 2 aromatic carbocycles. The summed E-state index contributed by atoms with van der Waals surface area (Å²) in [6.45, 7) is 2.20. The normalized spacial score (nSPS) is 12.8. The van der Waals surface area contributed by atoms with Gasteiger partial charge in [-0.2, -0.15) is 0 Å². The summed E-state index contributed by atoms with van der Waals surface area (Å²) in [5, 5.41) is 0. The van der Waals surface area contributed by atoms with Crippen LogP contribution in [0.2, 0.25) is 0 Å². The summed E-state index contributed by atoms with van der Waals surface area (Å²) in [5.41, 5.74) is 3.71. The Kier molecular flexibility index (Phi) is 4.71. The number of esters is 1. The molecule has 4 nitrogen and oxygen atoms in total. The number of anilines is 1. The molecule has 0 atom stereocenters. The molecule has 0 saturated carbocycles. The molecule has 1 aliphatic heterocycles. The van der Waals surface area contributed by atoms with Gasteiger partial charge in [0.25, 0.3) is 0 Å². The number of aldehydes is 1. The first-order valence-corrected chi connectivity index (χ1v) is 7.83. The molecule has 118 valence electrons. The minimum atomic E-state index is -0.275. The third-order valence-corrected chi connectivity index (χ3v) is 4.05. The van der Waals surface area contributed by atoms with Gasteiger partial charge in [-0.3, -0.25) is 4.79 Å². The first kappa shape index (κ1) is 15.3. The number of fused-ring (bicyclic) bond motifs is 1. The summed E-state index contributed by atoms with van der Waals surface area (Å²) < 4.78 is 5.30. The molecule has 0 aliphatic carbocycles. The number of hydrogen-bond acceptors (Lipinski definition) is 4. The second-order valence-electron chi connectivity index (χ2n) is 5.60. The van der Waals surface area contributed by atoms with Gasteiger partial charge in [-0.15, -0.1) is 0 Å². The minimum absolute atomic E-state index is 0.275. The van der Waals surface area contributed by atoms with Gasteiger partial charge in [-0.05, 0) is 48.7 Å². The Morgan fingerprint density at radius 3 is 2.78 bits per heavy atom. The number of rotatable bonds is 6. The summed E-state index contributed by atoms with van der Waals surface area (Å²) in [4.78, 5) is 24.9. The summed E-state index contributed by atoms with van der Waals surface area (Å²) >= 11 is 0. The van der Waals surface area contributed by atoms with E-state index in [1.807, 2.05) is 36.4 Å². The maximum atomic E-state index is 11.8. The monoisotopic (exact) mass is 309 g/mol. The van der Waals surface area contributed by atoms with Crippen molar-refractivity contribution in [3.8, 4) is 0 Å². The van der Waals surface area contributed by atoms with E-state index in [1.165, 1.54) is 11.3 Å². The highest BCUT2D eigenvalue weighted by Crippen LogP contribution is 2.28. The molecule has 0 bridgehead atoms. The van der Waals surface area contributed by atoms with Gasteiger partial charge < -0.3 is 9.64 Å². The van der Waals surface area contributed by atoms with Gasteiger partial charge >= 0.3 is 5.97 Å². The van der Waals surface area contributed by atoms with E-state index >= 15 is 0 Å². The fraction of sp³-hybridized carbons (Fsp3) is 0.263. The Morgan fingerprint density at radius 2 is 2.00 bits per heavy atom. The van der Waals surface area contributed by atoms with Crippen LogP contribution in [0.4, 0.5) is 5.69 Å². The number of carbonyl (C=O) groups excluding carboxylic acids is 2. The van der Waals surface area contributed by atoms with Gasteiger partial charge in [0.05, 0.1) is 12.2 Å². The zero-order chi connectivity index (χ0) is 16.1. The second kappa shape index (κ2) is 7.09. The summed E-state index contributed by atoms with van der Waals surface area (Å²) in [7, 11) is 0. The van der Waals surface area contributed by atoms with Crippen LogP contribution >= 0.6 is 0 Å². The number of hydrogen-bond donors (Lipinski definition) is 0.